The highest BCUT2D eigenvalue weighted by Crippen LogP contribution is 2.03. The van der Waals surface area contributed by atoms with Crippen molar-refractivity contribution in [1.29, 1.82) is 0 Å². The van der Waals surface area contributed by atoms with E-state index in [1.165, 1.54) is 9.80 Å². The van der Waals surface area contributed by atoms with Gasteiger partial charge in [-0.3, -0.25) is 9.69 Å². The number of likely N-dealkylation sites (N-methyl/N-ethyl adjacent to an activating group) is 1. The van der Waals surface area contributed by atoms with Gasteiger partial charge < -0.3 is 10.2 Å². The molecule has 1 rings (SSSR count). The molecule has 0 unspecified atom stereocenters. The van der Waals surface area contributed by atoms with Crippen LogP contribution in [0.3, 0.4) is 0 Å². The van der Waals surface area contributed by atoms with E-state index < -0.39 is 12.7 Å². The Hall–Kier alpha value is -1.33. The molecule has 13 heavy (non-hydrogen) atoms. The first-order chi connectivity index (χ1) is 6.15. The molecule has 0 atom stereocenters. The lowest BCUT2D eigenvalue weighted by Gasteiger charge is -2.14. The summed E-state index contributed by atoms with van der Waals surface area (Å²) in [5.74, 6) is -0.101. The summed E-state index contributed by atoms with van der Waals surface area (Å²) in [7, 11) is 1.62. The summed E-state index contributed by atoms with van der Waals surface area (Å²) in [6, 6.07) is -0.393. The fourth-order valence-corrected chi connectivity index (χ4v) is 1.07. The van der Waals surface area contributed by atoms with Gasteiger partial charge in [0.1, 0.15) is 13.2 Å². The summed E-state index contributed by atoms with van der Waals surface area (Å²) >= 11 is 0. The number of amides is 3. The van der Waals surface area contributed by atoms with E-state index in [-0.39, 0.29) is 25.7 Å². The first-order valence-corrected chi connectivity index (χ1v) is 3.98. The van der Waals surface area contributed by atoms with E-state index >= 15 is 0 Å². The van der Waals surface area contributed by atoms with Crippen LogP contribution in [-0.4, -0.2) is 55.2 Å². The minimum Gasteiger partial charge on any atom is -0.335 e. The Morgan fingerprint density at radius 2 is 2.38 bits per heavy atom. The van der Waals surface area contributed by atoms with Crippen molar-refractivity contribution < 1.29 is 14.0 Å². The van der Waals surface area contributed by atoms with Crippen molar-refractivity contribution in [2.45, 2.75) is 0 Å². The summed E-state index contributed by atoms with van der Waals surface area (Å²) in [5.41, 5.74) is 0. The summed E-state index contributed by atoms with van der Waals surface area (Å²) in [6.07, 6.45) is 0. The molecule has 74 valence electrons. The molecule has 1 saturated heterocycles. The number of hydrogen-bond acceptors (Lipinski definition) is 2. The SMILES string of the molecule is CN1CN(C(=O)NCCF)CC1=O. The highest BCUT2D eigenvalue weighted by atomic mass is 19.1. The van der Waals surface area contributed by atoms with E-state index in [2.05, 4.69) is 5.32 Å². The van der Waals surface area contributed by atoms with Gasteiger partial charge in [-0.2, -0.15) is 0 Å². The lowest BCUT2D eigenvalue weighted by molar-refractivity contribution is -0.125. The molecule has 5 nitrogen and oxygen atoms in total. The number of nitrogens with one attached hydrogen (secondary N) is 1. The Balaban J connectivity index is 2.37. The van der Waals surface area contributed by atoms with Gasteiger partial charge in [0.15, 0.2) is 0 Å². The lowest BCUT2D eigenvalue weighted by atomic mass is 10.6. The Labute approximate surface area is 75.5 Å². The van der Waals surface area contributed by atoms with Gasteiger partial charge in [0.2, 0.25) is 5.91 Å². The Morgan fingerprint density at radius 1 is 1.69 bits per heavy atom. The van der Waals surface area contributed by atoms with E-state index in [0.717, 1.165) is 0 Å². The highest BCUT2D eigenvalue weighted by molar-refractivity contribution is 5.86. The number of alkyl halides is 1. The van der Waals surface area contributed by atoms with E-state index in [4.69, 9.17) is 0 Å². The zero-order chi connectivity index (χ0) is 9.84. The maximum absolute atomic E-state index is 11.7. The Kier molecular flexibility index (Phi) is 3.05. The molecule has 0 aromatic carbocycles. The zero-order valence-electron chi connectivity index (χ0n) is 7.42. The molecule has 0 aliphatic carbocycles. The van der Waals surface area contributed by atoms with Crippen LogP contribution in [0.15, 0.2) is 0 Å². The second kappa shape index (κ2) is 4.06. The van der Waals surface area contributed by atoms with Crippen molar-refractivity contribution in [3.8, 4) is 0 Å². The average Bonchev–Trinajstić information content (AvgIpc) is 2.43. The number of carbonyl (C=O) groups excluding carboxylic acids is 2. The monoisotopic (exact) mass is 189 g/mol. The van der Waals surface area contributed by atoms with Gasteiger partial charge in [-0.1, -0.05) is 0 Å². The third-order valence-electron chi connectivity index (χ3n) is 1.79. The second-order valence-corrected chi connectivity index (χ2v) is 2.85. The van der Waals surface area contributed by atoms with Crippen LogP contribution < -0.4 is 5.32 Å². The topological polar surface area (TPSA) is 52.6 Å². The normalized spacial score (nSPS) is 16.6. The summed E-state index contributed by atoms with van der Waals surface area (Å²) in [6.45, 7) is -0.248. The molecule has 0 saturated carbocycles. The molecule has 3 amide bonds. The molecule has 0 bridgehead atoms. The predicted octanol–water partition coefficient (Wildman–Crippen LogP) is -0.603. The molecule has 1 fully saturated rings. The molecular formula is C7H12FN3O2. The summed E-state index contributed by atoms with van der Waals surface area (Å²) in [4.78, 5) is 24.9. The van der Waals surface area contributed by atoms with Gasteiger partial charge in [0.25, 0.3) is 0 Å². The van der Waals surface area contributed by atoms with Gasteiger partial charge in [0.05, 0.1) is 6.67 Å². The first kappa shape index (κ1) is 9.76. The quantitative estimate of drug-likeness (QED) is 0.630. The third kappa shape index (κ3) is 2.30. The van der Waals surface area contributed by atoms with Crippen LogP contribution in [0.1, 0.15) is 0 Å². The van der Waals surface area contributed by atoms with Gasteiger partial charge in [-0.25, -0.2) is 9.18 Å². The Bertz CT molecular complexity index is 222. The number of nitrogens with zero attached hydrogens (tertiary/aromatic N) is 2. The van der Waals surface area contributed by atoms with Crippen molar-refractivity contribution in [2.75, 3.05) is 33.5 Å². The van der Waals surface area contributed by atoms with Crippen molar-refractivity contribution in [3.63, 3.8) is 0 Å². The molecule has 1 aliphatic heterocycles. The smallest absolute Gasteiger partial charge is 0.319 e. The van der Waals surface area contributed by atoms with Crippen molar-refractivity contribution >= 4 is 11.9 Å². The molecule has 0 radical (unpaired) electrons. The highest BCUT2D eigenvalue weighted by Gasteiger charge is 2.27. The van der Waals surface area contributed by atoms with Crippen LogP contribution in [0.25, 0.3) is 0 Å². The number of urea groups is 1. The molecule has 1 heterocycles. The van der Waals surface area contributed by atoms with E-state index in [0.29, 0.717) is 0 Å². The van der Waals surface area contributed by atoms with Gasteiger partial charge in [-0.15, -0.1) is 0 Å². The van der Waals surface area contributed by atoms with Crippen molar-refractivity contribution in [2.24, 2.45) is 0 Å². The Morgan fingerprint density at radius 3 is 2.85 bits per heavy atom. The van der Waals surface area contributed by atoms with Gasteiger partial charge in [-0.05, 0) is 0 Å². The van der Waals surface area contributed by atoms with Crippen LogP contribution in [0.5, 0.6) is 0 Å². The van der Waals surface area contributed by atoms with Gasteiger partial charge >= 0.3 is 6.03 Å². The van der Waals surface area contributed by atoms with Crippen molar-refractivity contribution in [3.05, 3.63) is 0 Å². The molecule has 1 N–H and O–H groups in total. The number of carbonyl (C=O) groups is 2. The van der Waals surface area contributed by atoms with Crippen LogP contribution >= 0.6 is 0 Å². The first-order valence-electron chi connectivity index (χ1n) is 3.98. The minimum absolute atomic E-state index is 0.00671. The second-order valence-electron chi connectivity index (χ2n) is 2.85. The largest absolute Gasteiger partial charge is 0.335 e. The molecule has 0 aromatic heterocycles. The molecule has 0 aromatic rings. The van der Waals surface area contributed by atoms with Crippen molar-refractivity contribution in [1.82, 2.24) is 15.1 Å². The van der Waals surface area contributed by atoms with E-state index in [1.807, 2.05) is 0 Å². The maximum atomic E-state index is 11.7. The van der Waals surface area contributed by atoms with Crippen LogP contribution in [0, 0.1) is 0 Å². The number of rotatable bonds is 2. The fourth-order valence-electron chi connectivity index (χ4n) is 1.07. The lowest BCUT2D eigenvalue weighted by Crippen LogP contribution is -2.40. The third-order valence-corrected chi connectivity index (χ3v) is 1.79. The average molecular weight is 189 g/mol. The summed E-state index contributed by atoms with van der Waals surface area (Å²) < 4.78 is 11.7. The zero-order valence-corrected chi connectivity index (χ0v) is 7.42. The van der Waals surface area contributed by atoms with E-state index in [9.17, 15) is 14.0 Å². The molecular weight excluding hydrogens is 177 g/mol. The number of hydrogen-bond donors (Lipinski definition) is 1. The van der Waals surface area contributed by atoms with E-state index in [1.54, 1.807) is 7.05 Å². The van der Waals surface area contributed by atoms with Gasteiger partial charge in [0, 0.05) is 13.6 Å². The van der Waals surface area contributed by atoms with Crippen LogP contribution in [0.4, 0.5) is 9.18 Å². The van der Waals surface area contributed by atoms with Crippen LogP contribution in [0.2, 0.25) is 0 Å². The minimum atomic E-state index is -0.594. The maximum Gasteiger partial charge on any atom is 0.319 e. The fraction of sp³-hybridized carbons (Fsp3) is 0.714. The van der Waals surface area contributed by atoms with Crippen LogP contribution in [-0.2, 0) is 4.79 Å². The molecule has 1 aliphatic rings. The summed E-state index contributed by atoms with van der Waals surface area (Å²) in [5, 5.41) is 2.35. The standard InChI is InChI=1S/C7H12FN3O2/c1-10-5-11(4-6(10)12)7(13)9-3-2-8/h2-5H2,1H3,(H,9,13). The number of halogens is 1. The molecule has 0 spiro atoms. The predicted molar refractivity (Wildman–Crippen MR) is 43.7 cm³/mol. The molecule has 6 heteroatoms.